The van der Waals surface area contributed by atoms with Crippen molar-refractivity contribution in [1.82, 2.24) is 11.5 Å². The number of nitrogens with one attached hydrogen (secondary N) is 1. The molecule has 6 heteroatoms. The molecule has 0 spiro atoms. The molecule has 0 aromatic carbocycles. The Morgan fingerprint density at radius 2 is 1.40 bits per heavy atom. The lowest BCUT2D eigenvalue weighted by Gasteiger charge is -1.93. The average molecular weight is 150 g/mol. The van der Waals surface area contributed by atoms with Gasteiger partial charge in [-0.05, 0) is 0 Å². The fraction of sp³-hybridized carbons (Fsp3) is 0.500. The largest absolute Gasteiger partial charge is 0.480 e. The second-order valence-corrected chi connectivity index (χ2v) is 1.39. The fourth-order valence-corrected chi connectivity index (χ4v) is 0.276. The second kappa shape index (κ2) is 5.99. The van der Waals surface area contributed by atoms with Gasteiger partial charge in [0.1, 0.15) is 0 Å². The standard InChI is InChI=1S/C4H7NO4.H3N/c6-3(7)1-5-2-4(8)9;/h5H,1-2H2,(H,6,7)(H,8,9);1H3. The Labute approximate surface area is 57.4 Å². The summed E-state index contributed by atoms with van der Waals surface area (Å²) in [4.78, 5) is 19.5. The normalized spacial score (nSPS) is 8.00. The maximum Gasteiger partial charge on any atom is 0.317 e. The summed E-state index contributed by atoms with van der Waals surface area (Å²) in [6, 6.07) is 0. The molecule has 6 N–H and O–H groups in total. The van der Waals surface area contributed by atoms with Crippen LogP contribution in [0.15, 0.2) is 0 Å². The Kier molecular flexibility index (Phi) is 6.96. The molecule has 0 amide bonds. The average Bonchev–Trinajstić information content (AvgIpc) is 1.63. The highest BCUT2D eigenvalue weighted by Gasteiger charge is 1.97. The van der Waals surface area contributed by atoms with Crippen molar-refractivity contribution in [3.05, 3.63) is 0 Å². The van der Waals surface area contributed by atoms with E-state index in [1.807, 2.05) is 0 Å². The highest BCUT2D eigenvalue weighted by atomic mass is 16.4. The summed E-state index contributed by atoms with van der Waals surface area (Å²) in [5, 5.41) is 18.1. The summed E-state index contributed by atoms with van der Waals surface area (Å²) < 4.78 is 0. The first-order chi connectivity index (χ1) is 4.13. The molecular formula is C4H10N2O4. The molecule has 0 aliphatic rings. The first-order valence-corrected chi connectivity index (χ1v) is 2.27. The topological polar surface area (TPSA) is 122 Å². The summed E-state index contributed by atoms with van der Waals surface area (Å²) in [6.07, 6.45) is 0. The molecule has 0 heterocycles. The third kappa shape index (κ3) is 9.97. The maximum atomic E-state index is 9.73. The molecule has 0 aliphatic carbocycles. The highest BCUT2D eigenvalue weighted by Crippen LogP contribution is 1.61. The van der Waals surface area contributed by atoms with Gasteiger partial charge in [0.15, 0.2) is 0 Å². The molecule has 0 aliphatic heterocycles. The predicted octanol–water partition coefficient (Wildman–Crippen LogP) is -1.09. The molecule has 0 atom stereocenters. The fourth-order valence-electron chi connectivity index (χ4n) is 0.276. The Morgan fingerprint density at radius 3 is 1.60 bits per heavy atom. The van der Waals surface area contributed by atoms with E-state index in [1.54, 1.807) is 0 Å². The zero-order chi connectivity index (χ0) is 7.28. The number of hydrogen-bond donors (Lipinski definition) is 4. The van der Waals surface area contributed by atoms with Crippen LogP contribution in [-0.4, -0.2) is 35.2 Å². The van der Waals surface area contributed by atoms with Gasteiger partial charge in [-0.1, -0.05) is 0 Å². The molecule has 0 aromatic heterocycles. The van der Waals surface area contributed by atoms with Crippen LogP contribution in [0, 0.1) is 0 Å². The van der Waals surface area contributed by atoms with Crippen LogP contribution < -0.4 is 11.5 Å². The van der Waals surface area contributed by atoms with Crippen LogP contribution in [0.2, 0.25) is 0 Å². The van der Waals surface area contributed by atoms with E-state index in [2.05, 4.69) is 5.32 Å². The van der Waals surface area contributed by atoms with Crippen LogP contribution in [0.25, 0.3) is 0 Å². The van der Waals surface area contributed by atoms with Gasteiger partial charge in [-0.15, -0.1) is 0 Å². The molecule has 60 valence electrons. The van der Waals surface area contributed by atoms with Crippen LogP contribution in [-0.2, 0) is 9.59 Å². The third-order valence-corrected chi connectivity index (χ3v) is 0.552. The van der Waals surface area contributed by atoms with E-state index in [-0.39, 0.29) is 19.2 Å². The van der Waals surface area contributed by atoms with Gasteiger partial charge in [0.25, 0.3) is 0 Å². The van der Waals surface area contributed by atoms with E-state index in [4.69, 9.17) is 10.2 Å². The first kappa shape index (κ1) is 11.6. The third-order valence-electron chi connectivity index (χ3n) is 0.552. The Hall–Kier alpha value is -1.14. The number of aliphatic carboxylic acids is 2. The SMILES string of the molecule is N.O=C(O)CNCC(=O)O. The van der Waals surface area contributed by atoms with Crippen LogP contribution >= 0.6 is 0 Å². The molecule has 0 fully saturated rings. The van der Waals surface area contributed by atoms with E-state index in [9.17, 15) is 9.59 Å². The molecule has 0 aromatic rings. The number of hydrogen-bond acceptors (Lipinski definition) is 4. The lowest BCUT2D eigenvalue weighted by molar-refractivity contribution is -0.137. The minimum atomic E-state index is -1.06. The molecule has 0 rings (SSSR count). The van der Waals surface area contributed by atoms with E-state index < -0.39 is 11.9 Å². The Bertz CT molecular complexity index is 110. The number of carboxylic acids is 2. The summed E-state index contributed by atoms with van der Waals surface area (Å²) in [7, 11) is 0. The van der Waals surface area contributed by atoms with Gasteiger partial charge < -0.3 is 16.4 Å². The van der Waals surface area contributed by atoms with Crippen molar-refractivity contribution in [1.29, 1.82) is 0 Å². The smallest absolute Gasteiger partial charge is 0.317 e. The number of carbonyl (C=O) groups is 2. The summed E-state index contributed by atoms with van der Waals surface area (Å²) >= 11 is 0. The van der Waals surface area contributed by atoms with Gasteiger partial charge in [-0.3, -0.25) is 14.9 Å². The van der Waals surface area contributed by atoms with Crippen molar-refractivity contribution >= 4 is 11.9 Å². The van der Waals surface area contributed by atoms with Crippen molar-refractivity contribution in [2.45, 2.75) is 0 Å². The van der Waals surface area contributed by atoms with E-state index in [1.165, 1.54) is 0 Å². The van der Waals surface area contributed by atoms with Gasteiger partial charge in [0, 0.05) is 0 Å². The molecular weight excluding hydrogens is 140 g/mol. The van der Waals surface area contributed by atoms with Crippen molar-refractivity contribution < 1.29 is 19.8 Å². The summed E-state index contributed by atoms with van der Waals surface area (Å²) in [5.41, 5.74) is 0. The Balaban J connectivity index is 0. The van der Waals surface area contributed by atoms with E-state index in [0.717, 1.165) is 0 Å². The molecule has 0 saturated heterocycles. The van der Waals surface area contributed by atoms with Crippen LogP contribution in [0.4, 0.5) is 0 Å². The zero-order valence-corrected chi connectivity index (χ0v) is 5.33. The monoisotopic (exact) mass is 150 g/mol. The number of carboxylic acid groups (broad SMARTS) is 2. The molecule has 10 heavy (non-hydrogen) atoms. The van der Waals surface area contributed by atoms with Gasteiger partial charge in [-0.2, -0.15) is 0 Å². The molecule has 0 bridgehead atoms. The second-order valence-electron chi connectivity index (χ2n) is 1.39. The molecule has 0 radical (unpaired) electrons. The summed E-state index contributed by atoms with van der Waals surface area (Å²) in [6.45, 7) is -0.626. The Morgan fingerprint density at radius 1 is 1.10 bits per heavy atom. The number of rotatable bonds is 4. The molecule has 0 saturated carbocycles. The van der Waals surface area contributed by atoms with Crippen molar-refractivity contribution in [2.75, 3.05) is 13.1 Å². The van der Waals surface area contributed by atoms with Crippen LogP contribution in [0.5, 0.6) is 0 Å². The predicted molar refractivity (Wildman–Crippen MR) is 33.2 cm³/mol. The van der Waals surface area contributed by atoms with Crippen molar-refractivity contribution in [3.63, 3.8) is 0 Å². The molecule has 0 unspecified atom stereocenters. The van der Waals surface area contributed by atoms with Gasteiger partial charge in [0.2, 0.25) is 0 Å². The first-order valence-electron chi connectivity index (χ1n) is 2.27. The van der Waals surface area contributed by atoms with Crippen LogP contribution in [0.3, 0.4) is 0 Å². The summed E-state index contributed by atoms with van der Waals surface area (Å²) in [5.74, 6) is -2.12. The van der Waals surface area contributed by atoms with E-state index >= 15 is 0 Å². The lowest BCUT2D eigenvalue weighted by Crippen LogP contribution is -2.27. The highest BCUT2D eigenvalue weighted by molar-refractivity contribution is 5.72. The van der Waals surface area contributed by atoms with Gasteiger partial charge in [-0.25, -0.2) is 0 Å². The minimum Gasteiger partial charge on any atom is -0.480 e. The minimum absolute atomic E-state index is 0. The van der Waals surface area contributed by atoms with Crippen molar-refractivity contribution in [3.8, 4) is 0 Å². The van der Waals surface area contributed by atoms with E-state index in [0.29, 0.717) is 0 Å². The van der Waals surface area contributed by atoms with Crippen molar-refractivity contribution in [2.24, 2.45) is 0 Å². The quantitative estimate of drug-likeness (QED) is 0.404. The van der Waals surface area contributed by atoms with Gasteiger partial charge in [0.05, 0.1) is 13.1 Å². The maximum absolute atomic E-state index is 9.73. The zero-order valence-electron chi connectivity index (χ0n) is 5.33. The molecule has 6 nitrogen and oxygen atoms in total. The van der Waals surface area contributed by atoms with Crippen LogP contribution in [0.1, 0.15) is 0 Å². The van der Waals surface area contributed by atoms with Gasteiger partial charge >= 0.3 is 11.9 Å². The lowest BCUT2D eigenvalue weighted by atomic mass is 10.6.